The second-order valence-electron chi connectivity index (χ2n) is 5.06. The number of nitrogens with one attached hydrogen (secondary N) is 1. The SMILES string of the molecule is Cc1ccn2c(CN3CCCNCC3)cnc2c1. The molecule has 0 unspecified atom stereocenters. The number of imidazole rings is 1. The summed E-state index contributed by atoms with van der Waals surface area (Å²) >= 11 is 0. The number of rotatable bonds is 2. The standard InChI is InChI=1S/C14H20N4/c1-12-3-7-18-13(10-16-14(18)9-12)11-17-6-2-4-15-5-8-17/h3,7,9-10,15H,2,4-6,8,11H2,1H3. The van der Waals surface area contributed by atoms with Crippen molar-refractivity contribution in [1.29, 1.82) is 0 Å². The fourth-order valence-electron chi connectivity index (χ4n) is 2.54. The summed E-state index contributed by atoms with van der Waals surface area (Å²) in [4.78, 5) is 6.99. The van der Waals surface area contributed by atoms with Gasteiger partial charge in [0, 0.05) is 25.8 Å². The molecule has 3 heterocycles. The minimum atomic E-state index is 0.992. The van der Waals surface area contributed by atoms with Gasteiger partial charge >= 0.3 is 0 Å². The average molecular weight is 244 g/mol. The highest BCUT2D eigenvalue weighted by molar-refractivity contribution is 5.42. The van der Waals surface area contributed by atoms with Gasteiger partial charge in [-0.1, -0.05) is 0 Å². The van der Waals surface area contributed by atoms with Crippen molar-refractivity contribution in [2.75, 3.05) is 26.2 Å². The lowest BCUT2D eigenvalue weighted by Gasteiger charge is -2.18. The van der Waals surface area contributed by atoms with Crippen molar-refractivity contribution in [2.45, 2.75) is 19.9 Å². The Balaban J connectivity index is 1.81. The van der Waals surface area contributed by atoms with Crippen molar-refractivity contribution in [3.8, 4) is 0 Å². The van der Waals surface area contributed by atoms with Crippen LogP contribution in [0.5, 0.6) is 0 Å². The van der Waals surface area contributed by atoms with Gasteiger partial charge in [0.05, 0.1) is 11.9 Å². The van der Waals surface area contributed by atoms with Gasteiger partial charge in [-0.25, -0.2) is 4.98 Å². The van der Waals surface area contributed by atoms with E-state index in [-0.39, 0.29) is 0 Å². The molecule has 4 heteroatoms. The first-order valence-corrected chi connectivity index (χ1v) is 6.68. The van der Waals surface area contributed by atoms with E-state index in [1.54, 1.807) is 0 Å². The van der Waals surface area contributed by atoms with E-state index >= 15 is 0 Å². The Kier molecular flexibility index (Phi) is 3.30. The van der Waals surface area contributed by atoms with Crippen LogP contribution in [-0.4, -0.2) is 40.5 Å². The molecule has 2 aromatic heterocycles. The van der Waals surface area contributed by atoms with Gasteiger partial charge in [0.25, 0.3) is 0 Å². The summed E-state index contributed by atoms with van der Waals surface area (Å²) in [5.41, 5.74) is 3.60. The summed E-state index contributed by atoms with van der Waals surface area (Å²) in [6, 6.07) is 4.27. The second-order valence-corrected chi connectivity index (χ2v) is 5.06. The van der Waals surface area contributed by atoms with Gasteiger partial charge in [-0.15, -0.1) is 0 Å². The predicted molar refractivity (Wildman–Crippen MR) is 72.7 cm³/mol. The number of aromatic nitrogens is 2. The van der Waals surface area contributed by atoms with Crippen molar-refractivity contribution in [1.82, 2.24) is 19.6 Å². The Labute approximate surface area is 108 Å². The highest BCUT2D eigenvalue weighted by Crippen LogP contribution is 2.11. The summed E-state index contributed by atoms with van der Waals surface area (Å²) in [6.45, 7) is 7.63. The zero-order valence-electron chi connectivity index (χ0n) is 10.9. The number of fused-ring (bicyclic) bond motifs is 1. The fraction of sp³-hybridized carbons (Fsp3) is 0.500. The minimum Gasteiger partial charge on any atom is -0.315 e. The Morgan fingerprint density at radius 2 is 2.28 bits per heavy atom. The number of aryl methyl sites for hydroxylation is 1. The molecule has 96 valence electrons. The maximum Gasteiger partial charge on any atom is 0.137 e. The second kappa shape index (κ2) is 5.08. The first-order chi connectivity index (χ1) is 8.83. The van der Waals surface area contributed by atoms with Crippen molar-refractivity contribution in [3.05, 3.63) is 35.8 Å². The third kappa shape index (κ3) is 2.40. The molecule has 0 aliphatic carbocycles. The van der Waals surface area contributed by atoms with Crippen LogP contribution < -0.4 is 5.32 Å². The molecule has 3 rings (SSSR count). The smallest absolute Gasteiger partial charge is 0.137 e. The lowest BCUT2D eigenvalue weighted by molar-refractivity contribution is 0.280. The maximum atomic E-state index is 4.49. The topological polar surface area (TPSA) is 32.6 Å². The normalized spacial score (nSPS) is 18.1. The summed E-state index contributed by atoms with van der Waals surface area (Å²) in [7, 11) is 0. The molecule has 0 bridgehead atoms. The van der Waals surface area contributed by atoms with Crippen molar-refractivity contribution >= 4 is 5.65 Å². The molecule has 1 N–H and O–H groups in total. The number of hydrogen-bond acceptors (Lipinski definition) is 3. The molecule has 1 aliphatic heterocycles. The highest BCUT2D eigenvalue weighted by Gasteiger charge is 2.11. The Morgan fingerprint density at radius 3 is 3.22 bits per heavy atom. The Hall–Kier alpha value is -1.39. The average Bonchev–Trinajstić information content (AvgIpc) is 2.59. The molecule has 4 nitrogen and oxygen atoms in total. The van der Waals surface area contributed by atoms with Crippen LogP contribution in [0.15, 0.2) is 24.5 Å². The quantitative estimate of drug-likeness (QED) is 0.867. The lowest BCUT2D eigenvalue weighted by atomic mass is 10.3. The predicted octanol–water partition coefficient (Wildman–Crippen LogP) is 1.44. The molecule has 0 amide bonds. The van der Waals surface area contributed by atoms with E-state index < -0.39 is 0 Å². The van der Waals surface area contributed by atoms with E-state index in [0.29, 0.717) is 0 Å². The molecule has 18 heavy (non-hydrogen) atoms. The summed E-state index contributed by atoms with van der Waals surface area (Å²) in [6.07, 6.45) is 5.37. The monoisotopic (exact) mass is 244 g/mol. The third-order valence-corrected chi connectivity index (χ3v) is 3.56. The van der Waals surface area contributed by atoms with Crippen LogP contribution in [0, 0.1) is 6.92 Å². The van der Waals surface area contributed by atoms with Crippen molar-refractivity contribution in [3.63, 3.8) is 0 Å². The van der Waals surface area contributed by atoms with Crippen LogP contribution in [0.25, 0.3) is 5.65 Å². The van der Waals surface area contributed by atoms with E-state index in [0.717, 1.165) is 31.8 Å². The molecule has 0 atom stereocenters. The Morgan fingerprint density at radius 1 is 1.33 bits per heavy atom. The van der Waals surface area contributed by atoms with Crippen LogP contribution >= 0.6 is 0 Å². The van der Waals surface area contributed by atoms with Gasteiger partial charge in [-0.3, -0.25) is 4.90 Å². The molecule has 1 saturated heterocycles. The number of nitrogens with zero attached hydrogens (tertiary/aromatic N) is 3. The summed E-state index contributed by atoms with van der Waals surface area (Å²) in [5.74, 6) is 0. The van der Waals surface area contributed by atoms with Crippen LogP contribution in [-0.2, 0) is 6.54 Å². The first-order valence-electron chi connectivity index (χ1n) is 6.68. The van der Waals surface area contributed by atoms with E-state index in [2.05, 4.69) is 44.9 Å². The van der Waals surface area contributed by atoms with Gasteiger partial charge in [0.15, 0.2) is 0 Å². The zero-order valence-corrected chi connectivity index (χ0v) is 10.9. The third-order valence-electron chi connectivity index (χ3n) is 3.56. The number of pyridine rings is 1. The van der Waals surface area contributed by atoms with Crippen LogP contribution in [0.4, 0.5) is 0 Å². The van der Waals surface area contributed by atoms with E-state index in [1.807, 2.05) is 6.20 Å². The summed E-state index contributed by atoms with van der Waals surface area (Å²) in [5, 5.41) is 3.44. The van der Waals surface area contributed by atoms with Gasteiger partial charge in [-0.05, 0) is 44.1 Å². The summed E-state index contributed by atoms with van der Waals surface area (Å²) < 4.78 is 2.20. The molecule has 1 fully saturated rings. The van der Waals surface area contributed by atoms with E-state index in [9.17, 15) is 0 Å². The molecule has 0 radical (unpaired) electrons. The zero-order chi connectivity index (χ0) is 12.4. The highest BCUT2D eigenvalue weighted by atomic mass is 15.2. The molecule has 0 spiro atoms. The van der Waals surface area contributed by atoms with Gasteiger partial charge in [-0.2, -0.15) is 0 Å². The first kappa shape index (κ1) is 11.7. The fourth-order valence-corrected chi connectivity index (χ4v) is 2.54. The van der Waals surface area contributed by atoms with E-state index in [1.165, 1.54) is 24.2 Å². The number of hydrogen-bond donors (Lipinski definition) is 1. The van der Waals surface area contributed by atoms with Gasteiger partial charge < -0.3 is 9.72 Å². The van der Waals surface area contributed by atoms with Crippen molar-refractivity contribution < 1.29 is 0 Å². The molecule has 0 aromatic carbocycles. The molecule has 1 aliphatic rings. The molecular formula is C14H20N4. The Bertz CT molecular complexity index is 524. The largest absolute Gasteiger partial charge is 0.315 e. The maximum absolute atomic E-state index is 4.49. The molecule has 0 saturated carbocycles. The van der Waals surface area contributed by atoms with Crippen LogP contribution in [0.2, 0.25) is 0 Å². The lowest BCUT2D eigenvalue weighted by Crippen LogP contribution is -2.28. The molecule has 2 aromatic rings. The van der Waals surface area contributed by atoms with Gasteiger partial charge in [0.2, 0.25) is 0 Å². The molecular weight excluding hydrogens is 224 g/mol. The van der Waals surface area contributed by atoms with Crippen LogP contribution in [0.1, 0.15) is 17.7 Å². The minimum absolute atomic E-state index is 0.992. The van der Waals surface area contributed by atoms with Gasteiger partial charge in [0.1, 0.15) is 5.65 Å². The van der Waals surface area contributed by atoms with Crippen LogP contribution in [0.3, 0.4) is 0 Å². The van der Waals surface area contributed by atoms with E-state index in [4.69, 9.17) is 0 Å². The van der Waals surface area contributed by atoms with Crippen molar-refractivity contribution in [2.24, 2.45) is 0 Å².